The lowest BCUT2D eigenvalue weighted by Gasteiger charge is -2.31. The van der Waals surface area contributed by atoms with E-state index in [1.165, 1.54) is 43.4 Å². The summed E-state index contributed by atoms with van der Waals surface area (Å²) < 4.78 is 14.7. The summed E-state index contributed by atoms with van der Waals surface area (Å²) in [6.45, 7) is 13.7. The summed E-state index contributed by atoms with van der Waals surface area (Å²) in [6.07, 6.45) is 6.73. The molecule has 3 N–H and O–H groups in total. The van der Waals surface area contributed by atoms with Gasteiger partial charge in [0.2, 0.25) is 0 Å². The molecule has 212 valence electrons. The first-order valence-electron chi connectivity index (χ1n) is 13.0. The SMILES string of the molecule is C=O.CC.CCC(C)c1nc(SC)nc(Nc2cc(C(=O)C(C)N3CCCCC3)ccc2F)c1C=O.CN. The largest absolute Gasteiger partial charge is 0.337 e. The van der Waals surface area contributed by atoms with E-state index in [1.807, 2.05) is 47.7 Å². The number of carbonyl (C=O) groups is 3. The van der Waals surface area contributed by atoms with Crippen LogP contribution in [0.4, 0.5) is 15.9 Å². The number of rotatable bonds is 9. The lowest BCUT2D eigenvalue weighted by Crippen LogP contribution is -2.42. The first-order chi connectivity index (χ1) is 18.4. The average molecular weight is 550 g/mol. The highest BCUT2D eigenvalue weighted by Gasteiger charge is 2.25. The van der Waals surface area contributed by atoms with Crippen LogP contribution in [0.3, 0.4) is 0 Å². The fraction of sp³-hybridized carbons (Fsp3) is 0.536. The Morgan fingerprint density at radius 3 is 2.32 bits per heavy atom. The molecule has 2 atom stereocenters. The Hall–Kier alpha value is -2.69. The number of nitrogens with two attached hydrogens (primary N) is 1. The van der Waals surface area contributed by atoms with Gasteiger partial charge < -0.3 is 15.8 Å². The fourth-order valence-corrected chi connectivity index (χ4v) is 4.32. The second kappa shape index (κ2) is 19.4. The van der Waals surface area contributed by atoms with Crippen molar-refractivity contribution in [2.45, 2.75) is 77.4 Å². The van der Waals surface area contributed by atoms with Crippen LogP contribution < -0.4 is 11.1 Å². The fourth-order valence-electron chi connectivity index (χ4n) is 3.95. The third kappa shape index (κ3) is 9.56. The van der Waals surface area contributed by atoms with Crippen LogP contribution >= 0.6 is 11.8 Å². The third-order valence-electron chi connectivity index (χ3n) is 6.16. The van der Waals surface area contributed by atoms with Gasteiger partial charge >= 0.3 is 0 Å². The summed E-state index contributed by atoms with van der Waals surface area (Å²) in [5.41, 5.74) is 6.00. The quantitative estimate of drug-likeness (QED) is 0.171. The van der Waals surface area contributed by atoms with Gasteiger partial charge in [-0.15, -0.1) is 0 Å². The third-order valence-corrected chi connectivity index (χ3v) is 6.70. The molecule has 0 amide bonds. The standard InChI is InChI=1S/C24H31FN4O2S.C2H6.CH5N.CH2O/c1-5-15(2)21-18(14-30)23(28-24(27-21)32-4)26-20-13-17(9-10-19(20)25)22(31)16(3)29-11-7-6-8-12-29;3*1-2/h9-10,13-16H,5-8,11-12H2,1-4H3,(H,26,27,28);1-2H3;2H2,1H3;1H2. The van der Waals surface area contributed by atoms with E-state index in [2.05, 4.69) is 25.9 Å². The molecule has 0 spiro atoms. The van der Waals surface area contributed by atoms with Crippen LogP contribution in [0.2, 0.25) is 0 Å². The molecule has 1 aromatic heterocycles. The van der Waals surface area contributed by atoms with Crippen LogP contribution in [0.1, 0.15) is 92.6 Å². The molecule has 1 aliphatic rings. The van der Waals surface area contributed by atoms with Crippen molar-refractivity contribution in [1.29, 1.82) is 0 Å². The molecule has 0 radical (unpaired) electrons. The van der Waals surface area contributed by atoms with Crippen molar-refractivity contribution in [3.8, 4) is 0 Å². The molecule has 1 saturated heterocycles. The number of piperidine rings is 1. The van der Waals surface area contributed by atoms with Crippen molar-refractivity contribution in [3.05, 3.63) is 40.8 Å². The summed E-state index contributed by atoms with van der Waals surface area (Å²) in [5, 5.41) is 3.46. The number of benzene rings is 1. The zero-order chi connectivity index (χ0) is 29.3. The molecular formula is C28H44FN5O3S. The molecule has 2 unspecified atom stereocenters. The van der Waals surface area contributed by atoms with Crippen LogP contribution in [-0.4, -0.2) is 66.2 Å². The van der Waals surface area contributed by atoms with E-state index >= 15 is 0 Å². The molecule has 2 heterocycles. The zero-order valence-electron chi connectivity index (χ0n) is 23.8. The second-order valence-corrected chi connectivity index (χ2v) is 9.01. The molecule has 2 aromatic rings. The van der Waals surface area contributed by atoms with Crippen molar-refractivity contribution < 1.29 is 18.8 Å². The predicted molar refractivity (Wildman–Crippen MR) is 155 cm³/mol. The number of aromatic nitrogens is 2. The lowest BCUT2D eigenvalue weighted by atomic mass is 10.00. The number of hydrogen-bond acceptors (Lipinski definition) is 9. The number of nitrogens with zero attached hydrogens (tertiary/aromatic N) is 3. The molecule has 10 heteroatoms. The number of aldehydes is 1. The molecule has 1 fully saturated rings. The van der Waals surface area contributed by atoms with Crippen LogP contribution in [0.5, 0.6) is 0 Å². The van der Waals surface area contributed by atoms with Gasteiger partial charge in [-0.05, 0) is 76.7 Å². The number of ketones is 1. The van der Waals surface area contributed by atoms with Crippen molar-refractivity contribution in [2.75, 3.05) is 31.7 Å². The second-order valence-electron chi connectivity index (χ2n) is 8.24. The summed E-state index contributed by atoms with van der Waals surface area (Å²) >= 11 is 1.36. The Kier molecular flexibility index (Phi) is 18.0. The van der Waals surface area contributed by atoms with Gasteiger partial charge in [-0.2, -0.15) is 0 Å². The van der Waals surface area contributed by atoms with Gasteiger partial charge in [0.25, 0.3) is 0 Å². The molecule has 8 nitrogen and oxygen atoms in total. The molecule has 0 bridgehead atoms. The van der Waals surface area contributed by atoms with Gasteiger partial charge in [-0.3, -0.25) is 14.5 Å². The monoisotopic (exact) mass is 549 g/mol. The average Bonchev–Trinajstić information content (AvgIpc) is 3.00. The van der Waals surface area contributed by atoms with E-state index in [9.17, 15) is 14.0 Å². The summed E-state index contributed by atoms with van der Waals surface area (Å²) in [7, 11) is 1.50. The number of Topliss-reactive ketones (excluding diaryl/α,β-unsaturated/α-hetero) is 1. The smallest absolute Gasteiger partial charge is 0.189 e. The minimum Gasteiger partial charge on any atom is -0.337 e. The number of halogens is 1. The maximum atomic E-state index is 14.7. The number of anilines is 2. The Labute approximate surface area is 231 Å². The lowest BCUT2D eigenvalue weighted by molar-refractivity contribution is -0.0980. The van der Waals surface area contributed by atoms with Gasteiger partial charge in [-0.25, -0.2) is 14.4 Å². The van der Waals surface area contributed by atoms with Crippen LogP contribution in [0, 0.1) is 5.82 Å². The van der Waals surface area contributed by atoms with Gasteiger partial charge in [0.1, 0.15) is 18.4 Å². The van der Waals surface area contributed by atoms with Gasteiger partial charge in [-0.1, -0.05) is 45.9 Å². The summed E-state index contributed by atoms with van der Waals surface area (Å²) in [4.78, 5) is 44.1. The van der Waals surface area contributed by atoms with E-state index in [-0.39, 0.29) is 29.2 Å². The predicted octanol–water partition coefficient (Wildman–Crippen LogP) is 5.88. The van der Waals surface area contributed by atoms with Gasteiger partial charge in [0.05, 0.1) is 23.0 Å². The maximum absolute atomic E-state index is 14.7. The number of hydrogen-bond donors (Lipinski definition) is 2. The molecule has 0 aliphatic carbocycles. The number of likely N-dealkylation sites (tertiary alicyclic amines) is 1. The zero-order valence-corrected chi connectivity index (χ0v) is 24.7. The van der Waals surface area contributed by atoms with E-state index in [0.717, 1.165) is 32.4 Å². The maximum Gasteiger partial charge on any atom is 0.189 e. The van der Waals surface area contributed by atoms with E-state index in [1.54, 1.807) is 0 Å². The number of thioether (sulfide) groups is 1. The van der Waals surface area contributed by atoms with Crippen LogP contribution in [-0.2, 0) is 4.79 Å². The highest BCUT2D eigenvalue weighted by molar-refractivity contribution is 7.98. The van der Waals surface area contributed by atoms with Crippen molar-refractivity contribution in [1.82, 2.24) is 14.9 Å². The Morgan fingerprint density at radius 2 is 1.79 bits per heavy atom. The first kappa shape index (κ1) is 35.3. The van der Waals surface area contributed by atoms with E-state index in [4.69, 9.17) is 4.79 Å². The van der Waals surface area contributed by atoms with Crippen molar-refractivity contribution >= 4 is 42.1 Å². The summed E-state index contributed by atoms with van der Waals surface area (Å²) in [5.74, 6) is -0.258. The molecule has 1 aliphatic heterocycles. The molecule has 3 rings (SSSR count). The minimum absolute atomic E-state index is 0.0432. The van der Waals surface area contributed by atoms with E-state index < -0.39 is 5.82 Å². The molecular weight excluding hydrogens is 505 g/mol. The molecule has 1 aromatic carbocycles. The van der Waals surface area contributed by atoms with Crippen molar-refractivity contribution in [2.24, 2.45) is 5.73 Å². The highest BCUT2D eigenvalue weighted by atomic mass is 32.2. The summed E-state index contributed by atoms with van der Waals surface area (Å²) in [6, 6.07) is 4.04. The highest BCUT2D eigenvalue weighted by Crippen LogP contribution is 2.30. The van der Waals surface area contributed by atoms with Gasteiger partial charge in [0.15, 0.2) is 17.2 Å². The van der Waals surface area contributed by atoms with Gasteiger partial charge in [0, 0.05) is 5.56 Å². The Bertz CT molecular complexity index is 1000. The topological polar surface area (TPSA) is 118 Å². The molecule has 38 heavy (non-hydrogen) atoms. The molecule has 0 saturated carbocycles. The Morgan fingerprint density at radius 1 is 1.18 bits per heavy atom. The first-order valence-corrected chi connectivity index (χ1v) is 14.2. The Balaban J connectivity index is 0.00000213. The van der Waals surface area contributed by atoms with E-state index in [0.29, 0.717) is 28.3 Å². The number of carbonyl (C=O) groups excluding carboxylic acids is 3. The van der Waals surface area contributed by atoms with Crippen LogP contribution in [0.15, 0.2) is 23.4 Å². The van der Waals surface area contributed by atoms with Crippen LogP contribution in [0.25, 0.3) is 0 Å². The normalized spacial score (nSPS) is 14.2. The minimum atomic E-state index is -0.515. The van der Waals surface area contributed by atoms with Crippen molar-refractivity contribution in [3.63, 3.8) is 0 Å². The number of nitrogens with one attached hydrogen (secondary N) is 1.